The van der Waals surface area contributed by atoms with Crippen LogP contribution >= 0.6 is 0 Å². The second-order valence-corrected chi connectivity index (χ2v) is 7.45. The molecule has 0 aromatic heterocycles. The van der Waals surface area contributed by atoms with Gasteiger partial charge in [0.2, 0.25) is 0 Å². The van der Waals surface area contributed by atoms with Crippen molar-refractivity contribution in [2.45, 2.75) is 51.4 Å². The predicted octanol–water partition coefficient (Wildman–Crippen LogP) is 3.50. The van der Waals surface area contributed by atoms with E-state index in [4.69, 9.17) is 4.74 Å². The molecular weight excluding hydrogens is 340 g/mol. The number of ketones is 2. The van der Waals surface area contributed by atoms with Crippen molar-refractivity contribution >= 4 is 11.6 Å². The summed E-state index contributed by atoms with van der Waals surface area (Å²) in [5.41, 5.74) is 0.269. The molecular formula is C23H26O4. The lowest BCUT2D eigenvalue weighted by molar-refractivity contribution is -0.293. The van der Waals surface area contributed by atoms with E-state index in [0.717, 1.165) is 11.1 Å². The van der Waals surface area contributed by atoms with E-state index >= 15 is 0 Å². The molecule has 142 valence electrons. The zero-order valence-corrected chi connectivity index (χ0v) is 15.9. The molecule has 0 radical (unpaired) electrons. The van der Waals surface area contributed by atoms with Crippen LogP contribution in [-0.4, -0.2) is 28.6 Å². The summed E-state index contributed by atoms with van der Waals surface area (Å²) in [6, 6.07) is 19.1. The summed E-state index contributed by atoms with van der Waals surface area (Å²) in [7, 11) is 0. The van der Waals surface area contributed by atoms with Crippen molar-refractivity contribution in [3.8, 4) is 0 Å². The number of carbonyl (C=O) groups excluding carboxylic acids is 2. The first-order valence-electron chi connectivity index (χ1n) is 9.40. The maximum absolute atomic E-state index is 13.1. The van der Waals surface area contributed by atoms with Crippen molar-refractivity contribution in [2.24, 2.45) is 5.41 Å². The van der Waals surface area contributed by atoms with Gasteiger partial charge in [0.15, 0.2) is 11.6 Å². The zero-order chi connectivity index (χ0) is 19.5. The highest BCUT2D eigenvalue weighted by molar-refractivity contribution is 6.08. The first kappa shape index (κ1) is 19.5. The molecule has 4 heteroatoms. The minimum atomic E-state index is -1.83. The summed E-state index contributed by atoms with van der Waals surface area (Å²) in [6.45, 7) is 3.14. The summed E-state index contributed by atoms with van der Waals surface area (Å²) in [6.07, 6.45) is 0.530. The summed E-state index contributed by atoms with van der Waals surface area (Å²) >= 11 is 0. The second kappa shape index (κ2) is 7.75. The molecule has 1 N–H and O–H groups in total. The molecule has 3 unspecified atom stereocenters. The molecule has 0 saturated carbocycles. The van der Waals surface area contributed by atoms with Gasteiger partial charge in [0.1, 0.15) is 11.2 Å². The van der Waals surface area contributed by atoms with Crippen LogP contribution in [0.25, 0.3) is 0 Å². The number of rotatable bonds is 6. The van der Waals surface area contributed by atoms with Gasteiger partial charge in [0.05, 0.1) is 6.10 Å². The van der Waals surface area contributed by atoms with Gasteiger partial charge in [-0.1, -0.05) is 60.7 Å². The topological polar surface area (TPSA) is 63.6 Å². The first-order chi connectivity index (χ1) is 12.9. The van der Waals surface area contributed by atoms with Crippen LogP contribution in [0.15, 0.2) is 60.7 Å². The van der Waals surface area contributed by atoms with Gasteiger partial charge in [0.25, 0.3) is 0 Å². The number of carbonyl (C=O) groups is 2. The predicted molar refractivity (Wildman–Crippen MR) is 103 cm³/mol. The standard InChI is InChI=1S/C23H26O4/c1-17-15-21(25)22(18(2)24,16-20-11-7-4-8-12-20)23(26,27-17)14-13-19-9-5-3-6-10-19/h3-12,17,26H,13-16H2,1-2H3. The number of aryl methyl sites for hydroxylation is 1. The minimum absolute atomic E-state index is 0.125. The van der Waals surface area contributed by atoms with Crippen LogP contribution in [-0.2, 0) is 27.2 Å². The smallest absolute Gasteiger partial charge is 0.186 e. The zero-order valence-electron chi connectivity index (χ0n) is 15.9. The van der Waals surface area contributed by atoms with Crippen LogP contribution in [0, 0.1) is 5.41 Å². The van der Waals surface area contributed by atoms with E-state index in [2.05, 4.69) is 0 Å². The Balaban J connectivity index is 1.99. The summed E-state index contributed by atoms with van der Waals surface area (Å²) in [5, 5.41) is 11.6. The first-order valence-corrected chi connectivity index (χ1v) is 9.40. The highest BCUT2D eigenvalue weighted by Gasteiger charge is 2.62. The van der Waals surface area contributed by atoms with Crippen LogP contribution in [0.4, 0.5) is 0 Å². The third-order valence-electron chi connectivity index (χ3n) is 5.52. The number of hydrogen-bond donors (Lipinski definition) is 1. The fraction of sp³-hybridized carbons (Fsp3) is 0.391. The lowest BCUT2D eigenvalue weighted by atomic mass is 9.64. The van der Waals surface area contributed by atoms with Crippen molar-refractivity contribution < 1.29 is 19.4 Å². The molecule has 3 rings (SSSR count). The number of benzene rings is 2. The molecule has 0 spiro atoms. The molecule has 1 fully saturated rings. The number of ether oxygens (including phenoxy) is 1. The van der Waals surface area contributed by atoms with Crippen LogP contribution < -0.4 is 0 Å². The summed E-state index contributed by atoms with van der Waals surface area (Å²) in [5.74, 6) is -2.42. The van der Waals surface area contributed by atoms with E-state index in [1.807, 2.05) is 60.7 Å². The van der Waals surface area contributed by atoms with Crippen molar-refractivity contribution in [2.75, 3.05) is 0 Å². The van der Waals surface area contributed by atoms with E-state index in [9.17, 15) is 14.7 Å². The average molecular weight is 366 g/mol. The Morgan fingerprint density at radius 1 is 1.07 bits per heavy atom. The van der Waals surface area contributed by atoms with E-state index in [-0.39, 0.29) is 30.8 Å². The molecule has 0 amide bonds. The van der Waals surface area contributed by atoms with Crippen LogP contribution in [0.5, 0.6) is 0 Å². The maximum Gasteiger partial charge on any atom is 0.186 e. The Labute approximate surface area is 160 Å². The Morgan fingerprint density at radius 3 is 2.19 bits per heavy atom. The highest BCUT2D eigenvalue weighted by atomic mass is 16.6. The molecule has 4 nitrogen and oxygen atoms in total. The Kier molecular flexibility index (Phi) is 5.59. The fourth-order valence-corrected chi connectivity index (χ4v) is 4.09. The van der Waals surface area contributed by atoms with Gasteiger partial charge in [0, 0.05) is 12.8 Å². The summed E-state index contributed by atoms with van der Waals surface area (Å²) < 4.78 is 5.93. The van der Waals surface area contributed by atoms with E-state index in [1.165, 1.54) is 6.92 Å². The van der Waals surface area contributed by atoms with Gasteiger partial charge in [-0.2, -0.15) is 0 Å². The molecule has 3 atom stereocenters. The molecule has 0 bridgehead atoms. The molecule has 2 aromatic rings. The van der Waals surface area contributed by atoms with E-state index in [1.54, 1.807) is 6.92 Å². The SMILES string of the molecule is CC(=O)C1(Cc2ccccc2)C(=O)CC(C)OC1(O)CCc1ccccc1. The summed E-state index contributed by atoms with van der Waals surface area (Å²) in [4.78, 5) is 25.9. The van der Waals surface area contributed by atoms with Gasteiger partial charge in [-0.3, -0.25) is 9.59 Å². The van der Waals surface area contributed by atoms with Crippen molar-refractivity contribution in [3.63, 3.8) is 0 Å². The Hall–Kier alpha value is -2.30. The lowest BCUT2D eigenvalue weighted by Crippen LogP contribution is -2.64. The monoisotopic (exact) mass is 366 g/mol. The van der Waals surface area contributed by atoms with Crippen LogP contribution in [0.1, 0.15) is 37.8 Å². The normalized spacial score (nSPS) is 28.1. The van der Waals surface area contributed by atoms with Gasteiger partial charge in [-0.25, -0.2) is 0 Å². The molecule has 1 heterocycles. The van der Waals surface area contributed by atoms with Gasteiger partial charge in [-0.15, -0.1) is 0 Å². The molecule has 1 aliphatic rings. The fourth-order valence-electron chi connectivity index (χ4n) is 4.09. The van der Waals surface area contributed by atoms with E-state index < -0.39 is 17.3 Å². The third-order valence-corrected chi connectivity index (χ3v) is 5.52. The Morgan fingerprint density at radius 2 is 1.63 bits per heavy atom. The van der Waals surface area contributed by atoms with Crippen molar-refractivity contribution in [1.82, 2.24) is 0 Å². The molecule has 0 aliphatic carbocycles. The van der Waals surface area contributed by atoms with Crippen molar-refractivity contribution in [1.29, 1.82) is 0 Å². The maximum atomic E-state index is 13.1. The number of hydrogen-bond acceptors (Lipinski definition) is 4. The second-order valence-electron chi connectivity index (χ2n) is 7.45. The van der Waals surface area contributed by atoms with Crippen molar-refractivity contribution in [3.05, 3.63) is 71.8 Å². The van der Waals surface area contributed by atoms with Gasteiger partial charge >= 0.3 is 0 Å². The Bertz CT molecular complexity index is 802. The van der Waals surface area contributed by atoms with Gasteiger partial charge < -0.3 is 9.84 Å². The van der Waals surface area contributed by atoms with Crippen LogP contribution in [0.3, 0.4) is 0 Å². The number of aliphatic hydroxyl groups is 1. The minimum Gasteiger partial charge on any atom is -0.364 e. The van der Waals surface area contributed by atoms with E-state index in [0.29, 0.717) is 6.42 Å². The quantitative estimate of drug-likeness (QED) is 0.795. The molecule has 1 saturated heterocycles. The number of Topliss-reactive ketones (excluding diaryl/α,β-unsaturated/α-hetero) is 2. The molecule has 27 heavy (non-hydrogen) atoms. The van der Waals surface area contributed by atoms with Gasteiger partial charge in [-0.05, 0) is 37.8 Å². The lowest BCUT2D eigenvalue weighted by Gasteiger charge is -2.49. The molecule has 2 aromatic carbocycles. The van der Waals surface area contributed by atoms with Crippen LogP contribution in [0.2, 0.25) is 0 Å². The largest absolute Gasteiger partial charge is 0.364 e. The highest BCUT2D eigenvalue weighted by Crippen LogP contribution is 2.46. The average Bonchev–Trinajstić information content (AvgIpc) is 2.64. The molecule has 1 aliphatic heterocycles. The third kappa shape index (κ3) is 3.73.